The number of benzene rings is 3. The van der Waals surface area contributed by atoms with Gasteiger partial charge in [-0.15, -0.1) is 5.10 Å². The van der Waals surface area contributed by atoms with Crippen molar-refractivity contribution in [2.24, 2.45) is 0 Å². The minimum atomic E-state index is -1.40. The van der Waals surface area contributed by atoms with Crippen LogP contribution in [0.5, 0.6) is 0 Å². The van der Waals surface area contributed by atoms with Crippen LogP contribution < -0.4 is 10.2 Å². The summed E-state index contributed by atoms with van der Waals surface area (Å²) >= 11 is 0. The molecule has 7 nitrogen and oxygen atoms in total. The number of nitrogens with one attached hydrogen (secondary N) is 1. The van der Waals surface area contributed by atoms with E-state index in [1.54, 1.807) is 30.3 Å². The van der Waals surface area contributed by atoms with Crippen LogP contribution in [0.3, 0.4) is 0 Å². The summed E-state index contributed by atoms with van der Waals surface area (Å²) in [4.78, 5) is 28.7. The maximum atomic E-state index is 15.1. The Kier molecular flexibility index (Phi) is 7.10. The lowest BCUT2D eigenvalue weighted by atomic mass is 9.98. The number of hydrogen-bond donors (Lipinski definition) is 1. The van der Waals surface area contributed by atoms with E-state index in [-0.39, 0.29) is 17.8 Å². The van der Waals surface area contributed by atoms with Crippen LogP contribution in [-0.4, -0.2) is 32.3 Å². The standard InChI is InChI=1S/C27H27F2N5O2/c1-4-27(2,3)30-26(36)25(20-12-5-6-13-21(20)29)34(19-11-9-10-18(28)16-19)24(35)17-33-23-15-8-7-14-22(23)31-32-33/h5-16,25H,4,17H2,1-3H3,(H,30,36)/t25-/m0/s1. The molecule has 0 aliphatic carbocycles. The number of amides is 2. The summed E-state index contributed by atoms with van der Waals surface area (Å²) in [5, 5.41) is 11.1. The lowest BCUT2D eigenvalue weighted by Gasteiger charge is -2.34. The molecule has 1 heterocycles. The van der Waals surface area contributed by atoms with Crippen LogP contribution in [0.15, 0.2) is 72.8 Å². The molecule has 1 atom stereocenters. The summed E-state index contributed by atoms with van der Waals surface area (Å²) < 4.78 is 30.8. The van der Waals surface area contributed by atoms with Crippen molar-refractivity contribution in [3.63, 3.8) is 0 Å². The van der Waals surface area contributed by atoms with Gasteiger partial charge in [0.1, 0.15) is 29.7 Å². The zero-order valence-corrected chi connectivity index (χ0v) is 20.3. The van der Waals surface area contributed by atoms with Crippen LogP contribution in [-0.2, 0) is 16.1 Å². The zero-order chi connectivity index (χ0) is 25.9. The molecular formula is C27H27F2N5O2. The van der Waals surface area contributed by atoms with Gasteiger partial charge < -0.3 is 5.32 Å². The second-order valence-corrected chi connectivity index (χ2v) is 9.13. The highest BCUT2D eigenvalue weighted by molar-refractivity contribution is 6.01. The summed E-state index contributed by atoms with van der Waals surface area (Å²) in [5.74, 6) is -2.44. The average molecular weight is 492 g/mol. The molecule has 0 saturated heterocycles. The third kappa shape index (κ3) is 5.25. The number of carbonyl (C=O) groups excluding carboxylic acids is 2. The Labute approximate surface area is 207 Å². The maximum Gasteiger partial charge on any atom is 0.249 e. The van der Waals surface area contributed by atoms with Crippen molar-refractivity contribution in [1.29, 1.82) is 0 Å². The summed E-state index contributed by atoms with van der Waals surface area (Å²) in [5.41, 5.74) is 0.684. The Balaban J connectivity index is 1.84. The first-order valence-corrected chi connectivity index (χ1v) is 11.6. The normalized spacial score (nSPS) is 12.4. The van der Waals surface area contributed by atoms with Gasteiger partial charge in [-0.2, -0.15) is 0 Å². The number of hydrogen-bond acceptors (Lipinski definition) is 4. The molecule has 0 fully saturated rings. The van der Waals surface area contributed by atoms with Gasteiger partial charge in [-0.3, -0.25) is 14.5 Å². The van der Waals surface area contributed by atoms with E-state index in [1.807, 2.05) is 20.8 Å². The zero-order valence-electron chi connectivity index (χ0n) is 20.3. The third-order valence-corrected chi connectivity index (χ3v) is 6.11. The van der Waals surface area contributed by atoms with Crippen LogP contribution in [0.25, 0.3) is 11.0 Å². The highest BCUT2D eigenvalue weighted by Gasteiger charge is 2.37. The Hall–Kier alpha value is -4.14. The number of halogens is 2. The largest absolute Gasteiger partial charge is 0.349 e. The molecular weight excluding hydrogens is 464 g/mol. The molecule has 0 aliphatic heterocycles. The van der Waals surface area contributed by atoms with Gasteiger partial charge in [0.05, 0.1) is 5.52 Å². The molecule has 186 valence electrons. The Morgan fingerprint density at radius 3 is 2.47 bits per heavy atom. The van der Waals surface area contributed by atoms with Crippen LogP contribution in [0.4, 0.5) is 14.5 Å². The number of para-hydroxylation sites is 1. The van der Waals surface area contributed by atoms with Gasteiger partial charge in [0.2, 0.25) is 11.8 Å². The van der Waals surface area contributed by atoms with Crippen molar-refractivity contribution in [3.8, 4) is 0 Å². The molecule has 0 unspecified atom stereocenters. The Bertz CT molecular complexity index is 1400. The van der Waals surface area contributed by atoms with Crippen molar-refractivity contribution in [2.45, 2.75) is 45.3 Å². The van der Waals surface area contributed by atoms with Gasteiger partial charge in [0.15, 0.2) is 0 Å². The molecule has 1 N–H and O–H groups in total. The number of carbonyl (C=O) groups is 2. The van der Waals surface area contributed by atoms with E-state index in [1.165, 1.54) is 41.1 Å². The molecule has 9 heteroatoms. The van der Waals surface area contributed by atoms with E-state index in [2.05, 4.69) is 15.6 Å². The first kappa shape index (κ1) is 25.0. The van der Waals surface area contributed by atoms with E-state index in [0.29, 0.717) is 17.5 Å². The molecule has 0 bridgehead atoms. The first-order valence-electron chi connectivity index (χ1n) is 11.6. The molecule has 4 rings (SSSR count). The molecule has 0 aliphatic rings. The van der Waals surface area contributed by atoms with Crippen molar-refractivity contribution >= 4 is 28.5 Å². The summed E-state index contributed by atoms with van der Waals surface area (Å²) in [6, 6.07) is 16.8. The Morgan fingerprint density at radius 2 is 1.75 bits per heavy atom. The SMILES string of the molecule is CCC(C)(C)NC(=O)[C@H](c1ccccc1F)N(C(=O)Cn1nnc2ccccc21)c1cccc(F)c1. The van der Waals surface area contributed by atoms with Crippen LogP contribution in [0.2, 0.25) is 0 Å². The predicted molar refractivity (Wildman–Crippen MR) is 133 cm³/mol. The molecule has 0 radical (unpaired) electrons. The van der Waals surface area contributed by atoms with Crippen molar-refractivity contribution in [1.82, 2.24) is 20.3 Å². The summed E-state index contributed by atoms with van der Waals surface area (Å²) in [6.07, 6.45) is 0.599. The number of anilines is 1. The molecule has 0 spiro atoms. The fraction of sp³-hybridized carbons (Fsp3) is 0.259. The van der Waals surface area contributed by atoms with E-state index < -0.39 is 35.0 Å². The monoisotopic (exact) mass is 491 g/mol. The first-order chi connectivity index (χ1) is 17.2. The van der Waals surface area contributed by atoms with E-state index in [9.17, 15) is 14.0 Å². The van der Waals surface area contributed by atoms with E-state index in [4.69, 9.17) is 0 Å². The smallest absolute Gasteiger partial charge is 0.249 e. The number of nitrogens with zero attached hydrogens (tertiary/aromatic N) is 4. The Morgan fingerprint density at radius 1 is 1.03 bits per heavy atom. The van der Waals surface area contributed by atoms with Crippen LogP contribution in [0.1, 0.15) is 38.8 Å². The maximum absolute atomic E-state index is 15.1. The highest BCUT2D eigenvalue weighted by Crippen LogP contribution is 2.31. The highest BCUT2D eigenvalue weighted by atomic mass is 19.1. The van der Waals surface area contributed by atoms with E-state index in [0.717, 1.165) is 11.0 Å². The lowest BCUT2D eigenvalue weighted by molar-refractivity contribution is -0.128. The van der Waals surface area contributed by atoms with E-state index >= 15 is 4.39 Å². The van der Waals surface area contributed by atoms with Gasteiger partial charge in [-0.05, 0) is 56.7 Å². The second kappa shape index (κ2) is 10.2. The van der Waals surface area contributed by atoms with Gasteiger partial charge in [-0.25, -0.2) is 13.5 Å². The summed E-state index contributed by atoms with van der Waals surface area (Å²) in [7, 11) is 0. The van der Waals surface area contributed by atoms with Crippen LogP contribution >= 0.6 is 0 Å². The van der Waals surface area contributed by atoms with Crippen molar-refractivity contribution < 1.29 is 18.4 Å². The summed E-state index contributed by atoms with van der Waals surface area (Å²) in [6.45, 7) is 5.27. The van der Waals surface area contributed by atoms with Gasteiger partial charge in [0.25, 0.3) is 0 Å². The topological polar surface area (TPSA) is 80.1 Å². The molecule has 36 heavy (non-hydrogen) atoms. The van der Waals surface area contributed by atoms with Gasteiger partial charge >= 0.3 is 0 Å². The predicted octanol–water partition coefficient (Wildman–Crippen LogP) is 4.79. The third-order valence-electron chi connectivity index (χ3n) is 6.11. The number of rotatable bonds is 8. The van der Waals surface area contributed by atoms with Gasteiger partial charge in [-0.1, -0.05) is 48.5 Å². The molecule has 4 aromatic rings. The van der Waals surface area contributed by atoms with Gasteiger partial charge in [0, 0.05) is 16.8 Å². The van der Waals surface area contributed by atoms with Crippen molar-refractivity contribution in [3.05, 3.63) is 90.0 Å². The number of aromatic nitrogens is 3. The minimum Gasteiger partial charge on any atom is -0.349 e. The second-order valence-electron chi connectivity index (χ2n) is 9.13. The number of fused-ring (bicyclic) bond motifs is 1. The van der Waals surface area contributed by atoms with Crippen LogP contribution in [0, 0.1) is 11.6 Å². The molecule has 2 amide bonds. The molecule has 0 saturated carbocycles. The minimum absolute atomic E-state index is 0.0111. The molecule has 3 aromatic carbocycles. The average Bonchev–Trinajstić information content (AvgIpc) is 3.25. The fourth-order valence-electron chi connectivity index (χ4n) is 3.89. The quantitative estimate of drug-likeness (QED) is 0.384. The lowest BCUT2D eigenvalue weighted by Crippen LogP contribution is -2.51. The molecule has 1 aromatic heterocycles. The fourth-order valence-corrected chi connectivity index (χ4v) is 3.89. The van der Waals surface area contributed by atoms with Crippen molar-refractivity contribution in [2.75, 3.05) is 4.90 Å².